The molecule has 1 amide bonds. The first-order valence-corrected chi connectivity index (χ1v) is 7.16. The molecule has 2 rings (SSSR count). The molecule has 0 unspecified atom stereocenters. The van der Waals surface area contributed by atoms with Crippen LogP contribution in [-0.2, 0) is 17.9 Å². The van der Waals surface area contributed by atoms with Crippen molar-refractivity contribution in [3.05, 3.63) is 59.8 Å². The van der Waals surface area contributed by atoms with E-state index in [0.717, 1.165) is 0 Å². The van der Waals surface area contributed by atoms with E-state index < -0.39 is 0 Å². The van der Waals surface area contributed by atoms with Crippen LogP contribution in [0, 0.1) is 5.82 Å². The average Bonchev–Trinajstić information content (AvgIpc) is 3.08. The van der Waals surface area contributed by atoms with Crippen LogP contribution in [0.4, 0.5) is 4.39 Å². The maximum atomic E-state index is 13.5. The Balaban J connectivity index is 1.72. The second-order valence-electron chi connectivity index (χ2n) is 4.73. The number of amides is 1. The lowest BCUT2D eigenvalue weighted by atomic mass is 10.2. The van der Waals surface area contributed by atoms with Gasteiger partial charge in [-0.25, -0.2) is 4.39 Å². The maximum Gasteiger partial charge on any atom is 0.239 e. The fraction of sp³-hybridized carbons (Fsp3) is 0.250. The normalized spacial score (nSPS) is 11.1. The predicted octanol–water partition coefficient (Wildman–Crippen LogP) is 1.40. The van der Waals surface area contributed by atoms with E-state index in [2.05, 4.69) is 20.9 Å². The summed E-state index contributed by atoms with van der Waals surface area (Å²) in [7, 11) is 1.58. The number of hydrogen-bond acceptors (Lipinski definition) is 3. The van der Waals surface area contributed by atoms with Gasteiger partial charge in [-0.3, -0.25) is 9.79 Å². The molecule has 1 aromatic carbocycles. The minimum Gasteiger partial charge on any atom is -0.467 e. The summed E-state index contributed by atoms with van der Waals surface area (Å²) >= 11 is 0. The second kappa shape index (κ2) is 8.57. The number of carbonyl (C=O) groups is 1. The number of benzene rings is 1. The largest absolute Gasteiger partial charge is 0.467 e. The van der Waals surface area contributed by atoms with E-state index in [0.29, 0.717) is 23.8 Å². The minimum absolute atomic E-state index is 0.0532. The van der Waals surface area contributed by atoms with Crippen molar-refractivity contribution >= 4 is 11.9 Å². The zero-order chi connectivity index (χ0) is 16.5. The van der Waals surface area contributed by atoms with Crippen molar-refractivity contribution in [2.24, 2.45) is 4.99 Å². The first-order valence-electron chi connectivity index (χ1n) is 7.16. The molecule has 0 bridgehead atoms. The summed E-state index contributed by atoms with van der Waals surface area (Å²) in [5.74, 6) is 0.615. The molecule has 0 saturated heterocycles. The van der Waals surface area contributed by atoms with Gasteiger partial charge in [0.05, 0.1) is 19.4 Å². The number of furan rings is 1. The van der Waals surface area contributed by atoms with E-state index in [1.165, 1.54) is 6.07 Å². The maximum absolute atomic E-state index is 13.5. The van der Waals surface area contributed by atoms with Crippen LogP contribution in [0.1, 0.15) is 11.3 Å². The van der Waals surface area contributed by atoms with Gasteiger partial charge in [-0.2, -0.15) is 0 Å². The Bertz CT molecular complexity index is 656. The number of nitrogens with one attached hydrogen (secondary N) is 3. The monoisotopic (exact) mass is 318 g/mol. The predicted molar refractivity (Wildman–Crippen MR) is 85.2 cm³/mol. The van der Waals surface area contributed by atoms with Gasteiger partial charge < -0.3 is 20.4 Å². The molecule has 1 aromatic heterocycles. The molecular weight excluding hydrogens is 299 g/mol. The van der Waals surface area contributed by atoms with Crippen molar-refractivity contribution in [1.82, 2.24) is 16.0 Å². The molecule has 0 atom stereocenters. The van der Waals surface area contributed by atoms with Crippen LogP contribution in [0.5, 0.6) is 0 Å². The number of carbonyl (C=O) groups excluding carboxylic acids is 1. The quantitative estimate of drug-likeness (QED) is 0.556. The van der Waals surface area contributed by atoms with Gasteiger partial charge in [-0.1, -0.05) is 18.2 Å². The smallest absolute Gasteiger partial charge is 0.239 e. The number of halogens is 1. The van der Waals surface area contributed by atoms with Gasteiger partial charge in [0.1, 0.15) is 11.6 Å². The number of aliphatic imine (C=N–C) groups is 1. The highest BCUT2D eigenvalue weighted by Crippen LogP contribution is 2.05. The molecule has 23 heavy (non-hydrogen) atoms. The number of hydrogen-bond donors (Lipinski definition) is 3. The molecule has 2 aromatic rings. The Labute approximate surface area is 133 Å². The Morgan fingerprint density at radius 2 is 1.96 bits per heavy atom. The Morgan fingerprint density at radius 3 is 2.65 bits per heavy atom. The van der Waals surface area contributed by atoms with Gasteiger partial charge in [0.15, 0.2) is 5.96 Å². The standard InChI is InChI=1S/C16H19FN4O2/c1-18-16(20-9-12-5-2-3-7-14(12)17)21-11-15(22)19-10-13-6-4-8-23-13/h2-8H,9-11H2,1H3,(H,19,22)(H2,18,20,21). The highest BCUT2D eigenvalue weighted by Gasteiger charge is 2.06. The summed E-state index contributed by atoms with van der Waals surface area (Å²) < 4.78 is 18.6. The molecule has 0 radical (unpaired) electrons. The summed E-state index contributed by atoms with van der Waals surface area (Å²) in [5, 5.41) is 8.52. The van der Waals surface area contributed by atoms with Crippen LogP contribution in [0.15, 0.2) is 52.1 Å². The third-order valence-electron chi connectivity index (χ3n) is 3.08. The third kappa shape index (κ3) is 5.46. The van der Waals surface area contributed by atoms with Crippen molar-refractivity contribution in [3.63, 3.8) is 0 Å². The van der Waals surface area contributed by atoms with E-state index >= 15 is 0 Å². The average molecular weight is 318 g/mol. The Morgan fingerprint density at radius 1 is 1.13 bits per heavy atom. The Kier molecular flexibility index (Phi) is 6.17. The van der Waals surface area contributed by atoms with Crippen molar-refractivity contribution in [3.8, 4) is 0 Å². The summed E-state index contributed by atoms with van der Waals surface area (Å²) in [6.45, 7) is 0.660. The molecule has 0 aliphatic rings. The molecule has 122 valence electrons. The summed E-state index contributed by atoms with van der Waals surface area (Å²) in [6.07, 6.45) is 1.55. The molecule has 3 N–H and O–H groups in total. The molecule has 0 aliphatic carbocycles. The van der Waals surface area contributed by atoms with Gasteiger partial charge in [-0.15, -0.1) is 0 Å². The number of guanidine groups is 1. The zero-order valence-corrected chi connectivity index (χ0v) is 12.8. The second-order valence-corrected chi connectivity index (χ2v) is 4.73. The molecule has 0 aliphatic heterocycles. The third-order valence-corrected chi connectivity index (χ3v) is 3.08. The van der Waals surface area contributed by atoms with Gasteiger partial charge >= 0.3 is 0 Å². The molecule has 6 nitrogen and oxygen atoms in total. The van der Waals surface area contributed by atoms with Gasteiger partial charge in [0.25, 0.3) is 0 Å². The van der Waals surface area contributed by atoms with E-state index in [1.807, 2.05) is 0 Å². The first kappa shape index (κ1) is 16.5. The van der Waals surface area contributed by atoms with Crippen molar-refractivity contribution < 1.29 is 13.6 Å². The zero-order valence-electron chi connectivity index (χ0n) is 12.8. The van der Waals surface area contributed by atoms with Crippen LogP contribution in [0.3, 0.4) is 0 Å². The van der Waals surface area contributed by atoms with Crippen LogP contribution < -0.4 is 16.0 Å². The lowest BCUT2D eigenvalue weighted by Gasteiger charge is -2.12. The molecule has 1 heterocycles. The lowest BCUT2D eigenvalue weighted by Crippen LogP contribution is -2.42. The van der Waals surface area contributed by atoms with Crippen molar-refractivity contribution in [1.29, 1.82) is 0 Å². The number of nitrogens with zero attached hydrogens (tertiary/aromatic N) is 1. The van der Waals surface area contributed by atoms with E-state index in [1.54, 1.807) is 43.6 Å². The fourth-order valence-corrected chi connectivity index (χ4v) is 1.87. The topological polar surface area (TPSA) is 78.7 Å². The Hall–Kier alpha value is -2.83. The molecular formula is C16H19FN4O2. The molecule has 0 spiro atoms. The number of rotatable bonds is 6. The molecule has 0 saturated carbocycles. The SMILES string of the molecule is CN=C(NCC(=O)NCc1ccco1)NCc1ccccc1F. The van der Waals surface area contributed by atoms with Crippen molar-refractivity contribution in [2.45, 2.75) is 13.1 Å². The highest BCUT2D eigenvalue weighted by molar-refractivity contribution is 5.86. The van der Waals surface area contributed by atoms with Gasteiger partial charge in [0.2, 0.25) is 5.91 Å². The minimum atomic E-state index is -0.286. The van der Waals surface area contributed by atoms with E-state index in [4.69, 9.17) is 4.42 Å². The van der Waals surface area contributed by atoms with Crippen LogP contribution in [0.25, 0.3) is 0 Å². The van der Waals surface area contributed by atoms with Crippen LogP contribution in [-0.4, -0.2) is 25.5 Å². The fourth-order valence-electron chi connectivity index (χ4n) is 1.87. The van der Waals surface area contributed by atoms with Gasteiger partial charge in [-0.05, 0) is 18.2 Å². The van der Waals surface area contributed by atoms with Crippen LogP contribution in [0.2, 0.25) is 0 Å². The first-order chi connectivity index (χ1) is 11.2. The highest BCUT2D eigenvalue weighted by atomic mass is 19.1. The molecule has 7 heteroatoms. The van der Waals surface area contributed by atoms with E-state index in [9.17, 15) is 9.18 Å². The van der Waals surface area contributed by atoms with E-state index in [-0.39, 0.29) is 24.8 Å². The van der Waals surface area contributed by atoms with Crippen LogP contribution >= 0.6 is 0 Å². The van der Waals surface area contributed by atoms with Crippen molar-refractivity contribution in [2.75, 3.05) is 13.6 Å². The lowest BCUT2D eigenvalue weighted by molar-refractivity contribution is -0.120. The summed E-state index contributed by atoms with van der Waals surface area (Å²) in [4.78, 5) is 15.7. The summed E-state index contributed by atoms with van der Waals surface area (Å²) in [6, 6.07) is 10.0. The van der Waals surface area contributed by atoms with Gasteiger partial charge in [0, 0.05) is 19.2 Å². The molecule has 0 fully saturated rings. The summed E-state index contributed by atoms with van der Waals surface area (Å²) in [5.41, 5.74) is 0.526.